The van der Waals surface area contributed by atoms with E-state index >= 15 is 0 Å². The standard InChI is InChI=1S/C13H24N2O2/c1-2-3-9-17-10-8-15-13(16)11-4-6-12(14)7-5-11/h2,11-12H,1,3-10,14H2,(H,15,16). The van der Waals surface area contributed by atoms with Crippen LogP contribution in [0.5, 0.6) is 0 Å². The zero-order chi connectivity index (χ0) is 12.5. The Morgan fingerprint density at radius 2 is 2.06 bits per heavy atom. The number of ether oxygens (including phenoxy) is 1. The predicted molar refractivity (Wildman–Crippen MR) is 68.6 cm³/mol. The lowest BCUT2D eigenvalue weighted by atomic mass is 9.86. The molecule has 3 N–H and O–H groups in total. The number of rotatable bonds is 7. The van der Waals surface area contributed by atoms with Crippen LogP contribution in [-0.2, 0) is 9.53 Å². The van der Waals surface area contributed by atoms with Crippen LogP contribution in [0.2, 0.25) is 0 Å². The Bertz CT molecular complexity index is 236. The molecule has 4 heteroatoms. The second-order valence-electron chi connectivity index (χ2n) is 4.59. The Kier molecular flexibility index (Phi) is 6.89. The summed E-state index contributed by atoms with van der Waals surface area (Å²) >= 11 is 0. The first kappa shape index (κ1) is 14.2. The SMILES string of the molecule is C=CCCOCCNC(=O)C1CCC(N)CC1. The first-order valence-corrected chi connectivity index (χ1v) is 6.46. The molecular weight excluding hydrogens is 216 g/mol. The summed E-state index contributed by atoms with van der Waals surface area (Å²) in [7, 11) is 0. The van der Waals surface area contributed by atoms with Crippen molar-refractivity contribution in [1.82, 2.24) is 5.32 Å². The van der Waals surface area contributed by atoms with Gasteiger partial charge in [0.25, 0.3) is 0 Å². The van der Waals surface area contributed by atoms with Crippen LogP contribution in [0, 0.1) is 5.92 Å². The lowest BCUT2D eigenvalue weighted by molar-refractivity contribution is -0.126. The highest BCUT2D eigenvalue weighted by Crippen LogP contribution is 2.22. The quantitative estimate of drug-likeness (QED) is 0.519. The van der Waals surface area contributed by atoms with Crippen molar-refractivity contribution in [2.75, 3.05) is 19.8 Å². The predicted octanol–water partition coefficient (Wildman–Crippen LogP) is 1.21. The van der Waals surface area contributed by atoms with Crippen LogP contribution in [-0.4, -0.2) is 31.7 Å². The molecule has 0 aliphatic heterocycles. The van der Waals surface area contributed by atoms with Gasteiger partial charge < -0.3 is 15.8 Å². The molecule has 1 amide bonds. The van der Waals surface area contributed by atoms with Crippen LogP contribution < -0.4 is 11.1 Å². The van der Waals surface area contributed by atoms with Gasteiger partial charge in [-0.1, -0.05) is 6.08 Å². The molecule has 0 spiro atoms. The Labute approximate surface area is 104 Å². The van der Waals surface area contributed by atoms with E-state index in [1.54, 1.807) is 0 Å². The van der Waals surface area contributed by atoms with E-state index in [1.807, 2.05) is 6.08 Å². The van der Waals surface area contributed by atoms with Gasteiger partial charge in [0.05, 0.1) is 13.2 Å². The molecule has 0 bridgehead atoms. The molecule has 98 valence electrons. The minimum atomic E-state index is 0.156. The van der Waals surface area contributed by atoms with E-state index < -0.39 is 0 Å². The fourth-order valence-electron chi connectivity index (χ4n) is 2.04. The Morgan fingerprint density at radius 3 is 2.71 bits per heavy atom. The van der Waals surface area contributed by atoms with E-state index in [-0.39, 0.29) is 11.8 Å². The van der Waals surface area contributed by atoms with E-state index in [9.17, 15) is 4.79 Å². The van der Waals surface area contributed by atoms with Gasteiger partial charge in [0, 0.05) is 18.5 Å². The normalized spacial score (nSPS) is 24.3. The largest absolute Gasteiger partial charge is 0.379 e. The molecule has 1 aliphatic rings. The minimum absolute atomic E-state index is 0.156. The van der Waals surface area contributed by atoms with Crippen LogP contribution in [0.15, 0.2) is 12.7 Å². The second kappa shape index (κ2) is 8.25. The number of amides is 1. The van der Waals surface area contributed by atoms with Crippen molar-refractivity contribution in [1.29, 1.82) is 0 Å². The molecule has 0 aromatic rings. The van der Waals surface area contributed by atoms with Crippen molar-refractivity contribution < 1.29 is 9.53 Å². The number of carbonyl (C=O) groups excluding carboxylic acids is 1. The van der Waals surface area contributed by atoms with E-state index in [4.69, 9.17) is 10.5 Å². The number of carbonyl (C=O) groups is 1. The number of hydrogen-bond donors (Lipinski definition) is 2. The Balaban J connectivity index is 2.02. The third-order valence-corrected chi connectivity index (χ3v) is 3.15. The van der Waals surface area contributed by atoms with E-state index in [0.29, 0.717) is 25.8 Å². The summed E-state index contributed by atoms with van der Waals surface area (Å²) < 4.78 is 5.32. The van der Waals surface area contributed by atoms with E-state index in [2.05, 4.69) is 11.9 Å². The van der Waals surface area contributed by atoms with Gasteiger partial charge in [-0.05, 0) is 32.1 Å². The summed E-state index contributed by atoms with van der Waals surface area (Å²) in [5, 5.41) is 2.91. The molecule has 1 fully saturated rings. The topological polar surface area (TPSA) is 64.3 Å². The highest BCUT2D eigenvalue weighted by atomic mass is 16.5. The molecule has 17 heavy (non-hydrogen) atoms. The molecule has 1 saturated carbocycles. The molecule has 0 radical (unpaired) electrons. The molecule has 1 rings (SSSR count). The average Bonchev–Trinajstić information content (AvgIpc) is 2.34. The molecule has 0 aromatic carbocycles. The maximum Gasteiger partial charge on any atom is 0.223 e. The summed E-state index contributed by atoms with van der Waals surface area (Å²) in [6.45, 7) is 5.46. The lowest BCUT2D eigenvalue weighted by Gasteiger charge is -2.25. The average molecular weight is 240 g/mol. The summed E-state index contributed by atoms with van der Waals surface area (Å²) in [4.78, 5) is 11.8. The molecule has 0 atom stereocenters. The van der Waals surface area contributed by atoms with Gasteiger partial charge in [-0.3, -0.25) is 4.79 Å². The summed E-state index contributed by atoms with van der Waals surface area (Å²) in [6, 6.07) is 0.293. The number of nitrogens with one attached hydrogen (secondary N) is 1. The van der Waals surface area contributed by atoms with Crippen molar-refractivity contribution >= 4 is 5.91 Å². The van der Waals surface area contributed by atoms with Crippen LogP contribution >= 0.6 is 0 Å². The summed E-state index contributed by atoms with van der Waals surface area (Å²) in [5.41, 5.74) is 5.81. The zero-order valence-corrected chi connectivity index (χ0v) is 10.5. The highest BCUT2D eigenvalue weighted by Gasteiger charge is 2.23. The van der Waals surface area contributed by atoms with Gasteiger partial charge in [-0.25, -0.2) is 0 Å². The molecule has 0 heterocycles. The zero-order valence-electron chi connectivity index (χ0n) is 10.5. The smallest absolute Gasteiger partial charge is 0.223 e. The first-order chi connectivity index (χ1) is 8.24. The molecule has 1 aliphatic carbocycles. The van der Waals surface area contributed by atoms with Crippen molar-refractivity contribution in [3.8, 4) is 0 Å². The molecule has 0 unspecified atom stereocenters. The first-order valence-electron chi connectivity index (χ1n) is 6.46. The summed E-state index contributed by atoms with van der Waals surface area (Å²) in [5.74, 6) is 0.312. The van der Waals surface area contributed by atoms with Crippen molar-refractivity contribution in [2.45, 2.75) is 38.1 Å². The van der Waals surface area contributed by atoms with Gasteiger partial charge in [-0.15, -0.1) is 6.58 Å². The monoisotopic (exact) mass is 240 g/mol. The maximum atomic E-state index is 11.8. The van der Waals surface area contributed by atoms with Gasteiger partial charge in [0.15, 0.2) is 0 Å². The van der Waals surface area contributed by atoms with Crippen LogP contribution in [0.25, 0.3) is 0 Å². The molecule has 0 saturated heterocycles. The Hall–Kier alpha value is -0.870. The minimum Gasteiger partial charge on any atom is -0.379 e. The third-order valence-electron chi connectivity index (χ3n) is 3.15. The fraction of sp³-hybridized carbons (Fsp3) is 0.769. The Morgan fingerprint density at radius 1 is 1.35 bits per heavy atom. The van der Waals surface area contributed by atoms with Gasteiger partial charge in [0.1, 0.15) is 0 Å². The van der Waals surface area contributed by atoms with Gasteiger partial charge in [0.2, 0.25) is 5.91 Å². The maximum absolute atomic E-state index is 11.8. The highest BCUT2D eigenvalue weighted by molar-refractivity contribution is 5.78. The number of hydrogen-bond acceptors (Lipinski definition) is 3. The van der Waals surface area contributed by atoms with E-state index in [1.165, 1.54) is 0 Å². The van der Waals surface area contributed by atoms with Crippen molar-refractivity contribution in [2.24, 2.45) is 11.7 Å². The van der Waals surface area contributed by atoms with Crippen molar-refractivity contribution in [3.05, 3.63) is 12.7 Å². The lowest BCUT2D eigenvalue weighted by Crippen LogP contribution is -2.37. The van der Waals surface area contributed by atoms with Crippen LogP contribution in [0.1, 0.15) is 32.1 Å². The molecule has 0 aromatic heterocycles. The third kappa shape index (κ3) is 5.84. The van der Waals surface area contributed by atoms with Gasteiger partial charge in [-0.2, -0.15) is 0 Å². The van der Waals surface area contributed by atoms with E-state index in [0.717, 1.165) is 32.1 Å². The molecule has 4 nitrogen and oxygen atoms in total. The fourth-order valence-corrected chi connectivity index (χ4v) is 2.04. The summed E-state index contributed by atoms with van der Waals surface area (Å²) in [6.07, 6.45) is 6.45. The molecular formula is C13H24N2O2. The van der Waals surface area contributed by atoms with Crippen LogP contribution in [0.3, 0.4) is 0 Å². The van der Waals surface area contributed by atoms with Crippen molar-refractivity contribution in [3.63, 3.8) is 0 Å². The number of nitrogens with two attached hydrogens (primary N) is 1. The van der Waals surface area contributed by atoms with Gasteiger partial charge >= 0.3 is 0 Å². The van der Waals surface area contributed by atoms with Crippen LogP contribution in [0.4, 0.5) is 0 Å². The second-order valence-corrected chi connectivity index (χ2v) is 4.59.